The van der Waals surface area contributed by atoms with E-state index in [4.69, 9.17) is 4.74 Å². The Kier molecular flexibility index (Phi) is 5.73. The molecule has 1 N–H and O–H groups in total. The number of carbonyl (C=O) groups excluding carboxylic acids is 2. The molecular formula is C23H28N2O3. The summed E-state index contributed by atoms with van der Waals surface area (Å²) in [6.07, 6.45) is 0.320. The van der Waals surface area contributed by atoms with Crippen molar-refractivity contribution in [3.8, 4) is 5.75 Å². The van der Waals surface area contributed by atoms with Crippen LogP contribution < -0.4 is 15.0 Å². The van der Waals surface area contributed by atoms with Gasteiger partial charge < -0.3 is 15.0 Å². The Bertz CT molecular complexity index is 864. The van der Waals surface area contributed by atoms with E-state index in [0.717, 1.165) is 28.3 Å². The summed E-state index contributed by atoms with van der Waals surface area (Å²) in [7, 11) is 0. The van der Waals surface area contributed by atoms with Gasteiger partial charge in [0.25, 0.3) is 0 Å². The summed E-state index contributed by atoms with van der Waals surface area (Å²) >= 11 is 0. The molecule has 2 amide bonds. The number of benzene rings is 2. The smallest absolute Gasteiger partial charge is 0.229 e. The number of carbonyl (C=O) groups is 2. The molecule has 1 aliphatic heterocycles. The van der Waals surface area contributed by atoms with Crippen LogP contribution in [0.2, 0.25) is 0 Å². The van der Waals surface area contributed by atoms with Crippen LogP contribution in [-0.4, -0.2) is 24.5 Å². The number of nitrogens with one attached hydrogen (secondary N) is 1. The average Bonchev–Trinajstić information content (AvgIpc) is 3.00. The van der Waals surface area contributed by atoms with Crippen molar-refractivity contribution in [1.29, 1.82) is 0 Å². The number of ether oxygens (including phenoxy) is 1. The molecule has 1 fully saturated rings. The molecule has 0 spiro atoms. The van der Waals surface area contributed by atoms with Crippen LogP contribution in [-0.2, 0) is 9.59 Å². The number of rotatable bonds is 5. The van der Waals surface area contributed by atoms with Gasteiger partial charge in [0.1, 0.15) is 5.75 Å². The molecule has 0 bridgehead atoms. The van der Waals surface area contributed by atoms with E-state index < -0.39 is 0 Å². The van der Waals surface area contributed by atoms with E-state index in [-0.39, 0.29) is 30.3 Å². The van der Waals surface area contributed by atoms with Gasteiger partial charge in [0.15, 0.2) is 0 Å². The number of anilines is 2. The number of aryl methyl sites for hydroxylation is 3. The molecular weight excluding hydrogens is 352 g/mol. The van der Waals surface area contributed by atoms with Gasteiger partial charge in [-0.3, -0.25) is 9.59 Å². The van der Waals surface area contributed by atoms with Gasteiger partial charge >= 0.3 is 0 Å². The fourth-order valence-corrected chi connectivity index (χ4v) is 3.71. The number of hydrogen-bond donors (Lipinski definition) is 1. The minimum absolute atomic E-state index is 0.0324. The summed E-state index contributed by atoms with van der Waals surface area (Å²) in [5, 5.41) is 3.03. The van der Waals surface area contributed by atoms with Crippen molar-refractivity contribution in [2.45, 2.75) is 47.1 Å². The lowest BCUT2D eigenvalue weighted by atomic mass is 10.0. The highest BCUT2D eigenvalue weighted by Gasteiger charge is 2.35. The molecule has 2 aromatic rings. The zero-order valence-electron chi connectivity index (χ0n) is 17.2. The Morgan fingerprint density at radius 1 is 1.11 bits per heavy atom. The molecule has 0 aliphatic carbocycles. The topological polar surface area (TPSA) is 58.6 Å². The van der Waals surface area contributed by atoms with Gasteiger partial charge in [-0.2, -0.15) is 0 Å². The van der Waals surface area contributed by atoms with Gasteiger partial charge in [0.2, 0.25) is 11.8 Å². The standard InChI is InChI=1S/C23H28N2O3/c1-14(2)28-20-8-6-19(7-9-20)25-13-18(12-21(25)26)23(27)24-22-16(4)10-15(3)11-17(22)5/h6-11,14,18H,12-13H2,1-5H3,(H,24,27)/t18-/m1/s1. The van der Waals surface area contributed by atoms with E-state index in [0.29, 0.717) is 6.54 Å². The van der Waals surface area contributed by atoms with Gasteiger partial charge in [-0.1, -0.05) is 17.7 Å². The lowest BCUT2D eigenvalue weighted by molar-refractivity contribution is -0.122. The molecule has 1 aliphatic rings. The van der Waals surface area contributed by atoms with Gasteiger partial charge in [-0.15, -0.1) is 0 Å². The maximum absolute atomic E-state index is 12.8. The fraction of sp³-hybridized carbons (Fsp3) is 0.391. The third kappa shape index (κ3) is 4.35. The average molecular weight is 380 g/mol. The Morgan fingerprint density at radius 2 is 1.71 bits per heavy atom. The SMILES string of the molecule is Cc1cc(C)c(NC(=O)[C@@H]2CC(=O)N(c3ccc(OC(C)C)cc3)C2)c(C)c1. The van der Waals surface area contributed by atoms with Crippen LogP contribution >= 0.6 is 0 Å². The molecule has 0 radical (unpaired) electrons. The fourth-order valence-electron chi connectivity index (χ4n) is 3.71. The molecule has 148 valence electrons. The maximum Gasteiger partial charge on any atom is 0.229 e. The van der Waals surface area contributed by atoms with E-state index in [1.165, 1.54) is 5.56 Å². The van der Waals surface area contributed by atoms with E-state index >= 15 is 0 Å². The first-order valence-corrected chi connectivity index (χ1v) is 9.70. The highest BCUT2D eigenvalue weighted by Crippen LogP contribution is 2.29. The Labute approximate surface area is 166 Å². The predicted molar refractivity (Wildman–Crippen MR) is 112 cm³/mol. The van der Waals surface area contributed by atoms with Crippen molar-refractivity contribution < 1.29 is 14.3 Å². The summed E-state index contributed by atoms with van der Waals surface area (Å²) < 4.78 is 5.65. The van der Waals surface area contributed by atoms with Crippen LogP contribution in [0.3, 0.4) is 0 Å². The zero-order valence-corrected chi connectivity index (χ0v) is 17.2. The number of nitrogens with zero attached hydrogens (tertiary/aromatic N) is 1. The highest BCUT2D eigenvalue weighted by atomic mass is 16.5. The van der Waals surface area contributed by atoms with Crippen molar-refractivity contribution in [3.63, 3.8) is 0 Å². The number of amides is 2. The van der Waals surface area contributed by atoms with Crippen LogP contribution in [0.5, 0.6) is 5.75 Å². The quantitative estimate of drug-likeness (QED) is 0.837. The van der Waals surface area contributed by atoms with Crippen LogP contribution in [0.15, 0.2) is 36.4 Å². The molecule has 0 saturated carbocycles. The third-order valence-electron chi connectivity index (χ3n) is 4.94. The minimum atomic E-state index is -0.362. The van der Waals surface area contributed by atoms with E-state index in [2.05, 4.69) is 17.4 Å². The van der Waals surface area contributed by atoms with Crippen molar-refractivity contribution in [3.05, 3.63) is 53.1 Å². The molecule has 1 heterocycles. The summed E-state index contributed by atoms with van der Waals surface area (Å²) in [4.78, 5) is 27.0. The summed E-state index contributed by atoms with van der Waals surface area (Å²) in [5.74, 6) is 0.268. The predicted octanol–water partition coefficient (Wildman–Crippen LogP) is 4.39. The molecule has 0 unspecified atom stereocenters. The molecule has 28 heavy (non-hydrogen) atoms. The second-order valence-corrected chi connectivity index (χ2v) is 7.83. The Morgan fingerprint density at radius 3 is 2.29 bits per heavy atom. The van der Waals surface area contributed by atoms with Crippen molar-refractivity contribution in [2.75, 3.05) is 16.8 Å². The molecule has 5 heteroatoms. The molecule has 3 rings (SSSR count). The minimum Gasteiger partial charge on any atom is -0.491 e. The Balaban J connectivity index is 1.69. The van der Waals surface area contributed by atoms with Gasteiger partial charge in [0.05, 0.1) is 12.0 Å². The molecule has 1 saturated heterocycles. The van der Waals surface area contributed by atoms with Crippen LogP contribution in [0.4, 0.5) is 11.4 Å². The first kappa shape index (κ1) is 19.9. The molecule has 0 aromatic heterocycles. The van der Waals surface area contributed by atoms with Crippen LogP contribution in [0.1, 0.15) is 37.0 Å². The van der Waals surface area contributed by atoms with Gasteiger partial charge in [-0.25, -0.2) is 0 Å². The molecule has 5 nitrogen and oxygen atoms in total. The first-order chi connectivity index (χ1) is 13.2. The van der Waals surface area contributed by atoms with Crippen molar-refractivity contribution in [2.24, 2.45) is 5.92 Å². The van der Waals surface area contributed by atoms with Crippen molar-refractivity contribution in [1.82, 2.24) is 0 Å². The van der Waals surface area contributed by atoms with Crippen LogP contribution in [0, 0.1) is 26.7 Å². The summed E-state index contributed by atoms with van der Waals surface area (Å²) in [6, 6.07) is 11.5. The highest BCUT2D eigenvalue weighted by molar-refractivity contribution is 6.04. The molecule has 1 atom stereocenters. The first-order valence-electron chi connectivity index (χ1n) is 9.70. The Hall–Kier alpha value is -2.82. The van der Waals surface area contributed by atoms with E-state index in [1.54, 1.807) is 4.90 Å². The van der Waals surface area contributed by atoms with Crippen LogP contribution in [0.25, 0.3) is 0 Å². The lowest BCUT2D eigenvalue weighted by Crippen LogP contribution is -2.28. The summed E-state index contributed by atoms with van der Waals surface area (Å²) in [5.41, 5.74) is 4.87. The monoisotopic (exact) mass is 380 g/mol. The van der Waals surface area contributed by atoms with E-state index in [1.807, 2.05) is 58.9 Å². The summed E-state index contributed by atoms with van der Waals surface area (Å²) in [6.45, 7) is 10.3. The largest absolute Gasteiger partial charge is 0.491 e. The second kappa shape index (κ2) is 8.05. The van der Waals surface area contributed by atoms with E-state index in [9.17, 15) is 9.59 Å². The third-order valence-corrected chi connectivity index (χ3v) is 4.94. The second-order valence-electron chi connectivity index (χ2n) is 7.83. The lowest BCUT2D eigenvalue weighted by Gasteiger charge is -2.18. The van der Waals surface area contributed by atoms with Crippen molar-refractivity contribution >= 4 is 23.2 Å². The maximum atomic E-state index is 12.8. The molecule has 2 aromatic carbocycles. The normalized spacial score (nSPS) is 16.6. The zero-order chi connectivity index (χ0) is 20.4. The van der Waals surface area contributed by atoms with Gasteiger partial charge in [-0.05, 0) is 70.0 Å². The number of hydrogen-bond acceptors (Lipinski definition) is 3. The van der Waals surface area contributed by atoms with Gasteiger partial charge in [0, 0.05) is 24.3 Å².